The summed E-state index contributed by atoms with van der Waals surface area (Å²) in [5, 5.41) is 3.33. The Kier molecular flexibility index (Phi) is 5.09. The van der Waals surface area contributed by atoms with Gasteiger partial charge in [-0.05, 0) is 39.2 Å². The molecule has 0 saturated heterocycles. The molecule has 1 aromatic heterocycles. The van der Waals surface area contributed by atoms with Gasteiger partial charge in [-0.3, -0.25) is 9.59 Å². The zero-order valence-electron chi connectivity index (χ0n) is 14.1. The number of nitrogens with zero attached hydrogens (tertiary/aromatic N) is 1. The van der Waals surface area contributed by atoms with Gasteiger partial charge in [-0.2, -0.15) is 0 Å². The summed E-state index contributed by atoms with van der Waals surface area (Å²) >= 11 is 1.36. The molecule has 0 radical (unpaired) electrons. The van der Waals surface area contributed by atoms with Crippen LogP contribution in [0.4, 0.5) is 5.00 Å². The number of carbonyl (C=O) groups excluding carboxylic acids is 3. The molecule has 0 spiro atoms. The van der Waals surface area contributed by atoms with Crippen LogP contribution in [0.1, 0.15) is 40.6 Å². The van der Waals surface area contributed by atoms with E-state index in [-0.39, 0.29) is 17.7 Å². The van der Waals surface area contributed by atoms with Gasteiger partial charge in [-0.15, -0.1) is 11.3 Å². The number of aryl methyl sites for hydroxylation is 1. The highest BCUT2D eigenvalue weighted by atomic mass is 32.1. The van der Waals surface area contributed by atoms with Crippen LogP contribution in [0.15, 0.2) is 0 Å². The van der Waals surface area contributed by atoms with Crippen molar-refractivity contribution in [1.29, 1.82) is 0 Å². The number of esters is 1. The van der Waals surface area contributed by atoms with Crippen LogP contribution >= 0.6 is 11.3 Å². The van der Waals surface area contributed by atoms with Gasteiger partial charge in [0.25, 0.3) is 5.91 Å². The molecule has 1 saturated carbocycles. The highest BCUT2D eigenvalue weighted by molar-refractivity contribution is 7.16. The number of hydrogen-bond acceptors (Lipinski definition) is 5. The summed E-state index contributed by atoms with van der Waals surface area (Å²) in [5.41, 5.74) is 1.12. The molecule has 1 aliphatic rings. The van der Waals surface area contributed by atoms with Gasteiger partial charge in [-0.1, -0.05) is 0 Å². The molecular weight excluding hydrogens is 316 g/mol. The number of nitrogens with one attached hydrogen (secondary N) is 1. The SMILES string of the molecule is Cc1sc(NC(=O)C2CC2)c(C(=O)O[C@H](C)C(=O)N(C)C)c1C. The number of hydrogen-bond donors (Lipinski definition) is 1. The van der Waals surface area contributed by atoms with Crippen LogP contribution in [0.3, 0.4) is 0 Å². The summed E-state index contributed by atoms with van der Waals surface area (Å²) in [6, 6.07) is 0. The fourth-order valence-corrected chi connectivity index (χ4v) is 3.21. The van der Waals surface area contributed by atoms with Crippen molar-refractivity contribution in [1.82, 2.24) is 4.90 Å². The number of carbonyl (C=O) groups is 3. The molecule has 1 aromatic rings. The summed E-state index contributed by atoms with van der Waals surface area (Å²) in [7, 11) is 3.21. The Morgan fingerprint density at radius 2 is 1.87 bits per heavy atom. The molecule has 23 heavy (non-hydrogen) atoms. The maximum Gasteiger partial charge on any atom is 0.342 e. The topological polar surface area (TPSA) is 75.7 Å². The van der Waals surface area contributed by atoms with Gasteiger partial charge in [0.2, 0.25) is 5.91 Å². The predicted molar refractivity (Wildman–Crippen MR) is 88.7 cm³/mol. The van der Waals surface area contributed by atoms with Gasteiger partial charge in [-0.25, -0.2) is 4.79 Å². The second-order valence-corrected chi connectivity index (χ2v) is 7.26. The number of anilines is 1. The fraction of sp³-hybridized carbons (Fsp3) is 0.562. The molecule has 1 heterocycles. The number of rotatable bonds is 5. The molecule has 2 amide bonds. The lowest BCUT2D eigenvalue weighted by atomic mass is 10.1. The monoisotopic (exact) mass is 338 g/mol. The van der Waals surface area contributed by atoms with Crippen LogP contribution < -0.4 is 5.32 Å². The first-order valence-electron chi connectivity index (χ1n) is 7.55. The first-order chi connectivity index (χ1) is 10.7. The van der Waals surface area contributed by atoms with E-state index in [1.807, 2.05) is 13.8 Å². The number of likely N-dealkylation sites (N-methyl/N-ethyl adjacent to an activating group) is 1. The summed E-state index contributed by atoms with van der Waals surface area (Å²) in [6.45, 7) is 5.24. The highest BCUT2D eigenvalue weighted by Crippen LogP contribution is 2.36. The average molecular weight is 338 g/mol. The predicted octanol–water partition coefficient (Wildman–Crippen LogP) is 2.35. The molecule has 0 aliphatic heterocycles. The Bertz CT molecular complexity index is 647. The Morgan fingerprint density at radius 1 is 1.26 bits per heavy atom. The molecule has 126 valence electrons. The molecule has 1 aliphatic carbocycles. The van der Waals surface area contributed by atoms with Crippen molar-refractivity contribution in [2.45, 2.75) is 39.7 Å². The lowest BCUT2D eigenvalue weighted by molar-refractivity contribution is -0.137. The maximum atomic E-state index is 12.5. The van der Waals surface area contributed by atoms with Crippen molar-refractivity contribution in [3.8, 4) is 0 Å². The van der Waals surface area contributed by atoms with Gasteiger partial charge in [0.15, 0.2) is 6.10 Å². The van der Waals surface area contributed by atoms with Gasteiger partial charge in [0.1, 0.15) is 5.00 Å². The van der Waals surface area contributed by atoms with Crippen LogP contribution in [0.5, 0.6) is 0 Å². The molecule has 1 fully saturated rings. The third-order valence-corrected chi connectivity index (χ3v) is 4.97. The molecule has 1 N–H and O–H groups in total. The van der Waals surface area contributed by atoms with Crippen molar-refractivity contribution in [3.05, 3.63) is 16.0 Å². The van der Waals surface area contributed by atoms with E-state index in [1.165, 1.54) is 23.2 Å². The van der Waals surface area contributed by atoms with Gasteiger partial charge >= 0.3 is 5.97 Å². The van der Waals surface area contributed by atoms with Gasteiger partial charge in [0.05, 0.1) is 5.56 Å². The fourth-order valence-electron chi connectivity index (χ4n) is 2.15. The van der Waals surface area contributed by atoms with Crippen LogP contribution in [0, 0.1) is 19.8 Å². The van der Waals surface area contributed by atoms with Gasteiger partial charge < -0.3 is 15.0 Å². The van der Waals surface area contributed by atoms with Crippen molar-refractivity contribution in [2.24, 2.45) is 5.92 Å². The Morgan fingerprint density at radius 3 is 2.39 bits per heavy atom. The number of amides is 2. The molecule has 6 nitrogen and oxygen atoms in total. The molecule has 7 heteroatoms. The van der Waals surface area contributed by atoms with Crippen LogP contribution in [0.25, 0.3) is 0 Å². The zero-order valence-corrected chi connectivity index (χ0v) is 14.9. The lowest BCUT2D eigenvalue weighted by Gasteiger charge is -2.17. The summed E-state index contributed by atoms with van der Waals surface area (Å²) in [6.07, 6.45) is 0.913. The number of ether oxygens (including phenoxy) is 1. The smallest absolute Gasteiger partial charge is 0.342 e. The molecular formula is C16H22N2O4S. The molecule has 0 aromatic carbocycles. The molecule has 2 rings (SSSR count). The van der Waals surface area contributed by atoms with E-state index in [4.69, 9.17) is 4.74 Å². The van der Waals surface area contributed by atoms with E-state index in [0.29, 0.717) is 10.6 Å². The van der Waals surface area contributed by atoms with Crippen molar-refractivity contribution >= 4 is 34.1 Å². The lowest BCUT2D eigenvalue weighted by Crippen LogP contribution is -2.35. The summed E-state index contributed by atoms with van der Waals surface area (Å²) < 4.78 is 5.28. The van der Waals surface area contributed by atoms with Gasteiger partial charge in [0, 0.05) is 24.9 Å². The average Bonchev–Trinajstić information content (AvgIpc) is 3.26. The molecule has 0 unspecified atom stereocenters. The van der Waals surface area contributed by atoms with Crippen LogP contribution in [-0.2, 0) is 14.3 Å². The first-order valence-corrected chi connectivity index (χ1v) is 8.37. The van der Waals surface area contributed by atoms with E-state index in [1.54, 1.807) is 14.1 Å². The normalized spacial score (nSPS) is 15.0. The largest absolute Gasteiger partial charge is 0.449 e. The van der Waals surface area contributed by atoms with Crippen molar-refractivity contribution in [2.75, 3.05) is 19.4 Å². The highest BCUT2D eigenvalue weighted by Gasteiger charge is 2.32. The van der Waals surface area contributed by atoms with E-state index in [0.717, 1.165) is 23.3 Å². The van der Waals surface area contributed by atoms with E-state index < -0.39 is 12.1 Å². The molecule has 0 bridgehead atoms. The maximum absolute atomic E-state index is 12.5. The molecule has 1 atom stereocenters. The minimum atomic E-state index is -0.871. The third-order valence-electron chi connectivity index (χ3n) is 3.85. The van der Waals surface area contributed by atoms with E-state index in [9.17, 15) is 14.4 Å². The van der Waals surface area contributed by atoms with Crippen LogP contribution in [-0.4, -0.2) is 42.9 Å². The Balaban J connectivity index is 2.18. The summed E-state index contributed by atoms with van der Waals surface area (Å²) in [5.74, 6) is -0.874. The Labute approximate surface area is 139 Å². The van der Waals surface area contributed by atoms with E-state index in [2.05, 4.69) is 5.32 Å². The number of thiophene rings is 1. The zero-order chi connectivity index (χ0) is 17.3. The van der Waals surface area contributed by atoms with Crippen molar-refractivity contribution in [3.63, 3.8) is 0 Å². The summed E-state index contributed by atoms with van der Waals surface area (Å²) in [4.78, 5) is 38.6. The van der Waals surface area contributed by atoms with Crippen molar-refractivity contribution < 1.29 is 19.1 Å². The standard InChI is InChI=1S/C16H22N2O4S/c1-8-10(3)23-14(17-13(19)11-6-7-11)12(8)16(21)22-9(2)15(20)18(4)5/h9,11H,6-7H2,1-5H3,(H,17,19)/t9-/m1/s1. The minimum absolute atomic E-state index is 0.0517. The second-order valence-electron chi connectivity index (χ2n) is 6.03. The van der Waals surface area contributed by atoms with E-state index >= 15 is 0 Å². The second kappa shape index (κ2) is 6.70. The quantitative estimate of drug-likeness (QED) is 0.836. The first kappa shape index (κ1) is 17.5. The minimum Gasteiger partial charge on any atom is -0.449 e. The third kappa shape index (κ3) is 3.90. The van der Waals surface area contributed by atoms with Crippen LogP contribution in [0.2, 0.25) is 0 Å². The Hall–Kier alpha value is -1.89.